The van der Waals surface area contributed by atoms with E-state index in [9.17, 15) is 8.42 Å². The van der Waals surface area contributed by atoms with E-state index in [1.54, 1.807) is 0 Å². The second-order valence-electron chi connectivity index (χ2n) is 4.87. The van der Waals surface area contributed by atoms with Crippen molar-refractivity contribution in [1.29, 1.82) is 0 Å². The second-order valence-corrected chi connectivity index (χ2v) is 6.65. The summed E-state index contributed by atoms with van der Waals surface area (Å²) in [4.78, 5) is 7.67. The molecule has 2 aromatic carbocycles. The third-order valence-electron chi connectivity index (χ3n) is 3.15. The van der Waals surface area contributed by atoms with Crippen molar-refractivity contribution in [3.8, 4) is 0 Å². The van der Waals surface area contributed by atoms with Crippen molar-refractivity contribution in [2.45, 2.75) is 6.04 Å². The smallest absolute Gasteiger partial charge is 0.209 e. The summed E-state index contributed by atoms with van der Waals surface area (Å²) in [5.74, 6) is 0.577. The molecule has 3 aromatic rings. The van der Waals surface area contributed by atoms with Gasteiger partial charge < -0.3 is 4.98 Å². The van der Waals surface area contributed by atoms with E-state index < -0.39 is 16.1 Å². The topological polar surface area (TPSA) is 74.8 Å². The predicted molar refractivity (Wildman–Crippen MR) is 82.4 cm³/mol. The average Bonchev–Trinajstić information content (AvgIpc) is 2.88. The van der Waals surface area contributed by atoms with E-state index in [0.717, 1.165) is 22.9 Å². The molecule has 0 saturated heterocycles. The maximum absolute atomic E-state index is 11.7. The predicted octanol–water partition coefficient (Wildman–Crippen LogP) is 2.20. The Hall–Kier alpha value is -2.18. The van der Waals surface area contributed by atoms with Crippen LogP contribution in [0.1, 0.15) is 17.4 Å². The van der Waals surface area contributed by atoms with Crippen LogP contribution < -0.4 is 4.72 Å². The van der Waals surface area contributed by atoms with E-state index in [0.29, 0.717) is 5.82 Å². The van der Waals surface area contributed by atoms with Gasteiger partial charge in [-0.25, -0.2) is 18.1 Å². The Morgan fingerprint density at radius 2 is 1.71 bits per heavy atom. The zero-order valence-corrected chi connectivity index (χ0v) is 12.3. The maximum atomic E-state index is 11.7. The van der Waals surface area contributed by atoms with Crippen LogP contribution >= 0.6 is 0 Å². The molecule has 0 fully saturated rings. The van der Waals surface area contributed by atoms with Crippen LogP contribution in [0.5, 0.6) is 0 Å². The molecule has 3 rings (SSSR count). The van der Waals surface area contributed by atoms with Gasteiger partial charge in [0.05, 0.1) is 17.3 Å². The normalized spacial score (nSPS) is 13.4. The van der Waals surface area contributed by atoms with E-state index in [2.05, 4.69) is 14.7 Å². The molecule has 21 heavy (non-hydrogen) atoms. The highest BCUT2D eigenvalue weighted by molar-refractivity contribution is 7.88. The SMILES string of the molecule is CS(=O)(=O)NC(c1ccccc1)c1nc2ccccc2[nH]1. The molecule has 5 nitrogen and oxygen atoms in total. The molecule has 1 aromatic heterocycles. The molecule has 0 aliphatic rings. The number of hydrogen-bond donors (Lipinski definition) is 2. The van der Waals surface area contributed by atoms with Crippen LogP contribution in [0, 0.1) is 0 Å². The van der Waals surface area contributed by atoms with Crippen molar-refractivity contribution in [1.82, 2.24) is 14.7 Å². The first-order valence-corrected chi connectivity index (χ1v) is 8.39. The summed E-state index contributed by atoms with van der Waals surface area (Å²) < 4.78 is 25.9. The lowest BCUT2D eigenvalue weighted by molar-refractivity contribution is 0.574. The first kappa shape index (κ1) is 13.8. The summed E-state index contributed by atoms with van der Waals surface area (Å²) in [5.41, 5.74) is 2.52. The van der Waals surface area contributed by atoms with Gasteiger partial charge in [-0.05, 0) is 17.7 Å². The van der Waals surface area contributed by atoms with Crippen LogP contribution in [-0.4, -0.2) is 24.6 Å². The van der Waals surface area contributed by atoms with Crippen molar-refractivity contribution >= 4 is 21.1 Å². The van der Waals surface area contributed by atoms with Crippen LogP contribution in [0.4, 0.5) is 0 Å². The van der Waals surface area contributed by atoms with Gasteiger partial charge in [0.1, 0.15) is 11.9 Å². The number of benzene rings is 2. The van der Waals surface area contributed by atoms with Crippen LogP contribution in [0.15, 0.2) is 54.6 Å². The molecule has 6 heteroatoms. The minimum Gasteiger partial charge on any atom is -0.340 e. The molecule has 1 unspecified atom stereocenters. The molecule has 0 aliphatic carbocycles. The number of fused-ring (bicyclic) bond motifs is 1. The number of aromatic amines is 1. The number of hydrogen-bond acceptors (Lipinski definition) is 3. The molecule has 1 atom stereocenters. The Balaban J connectivity index is 2.10. The number of sulfonamides is 1. The maximum Gasteiger partial charge on any atom is 0.209 e. The quantitative estimate of drug-likeness (QED) is 0.776. The fourth-order valence-corrected chi connectivity index (χ4v) is 2.93. The Morgan fingerprint density at radius 3 is 2.38 bits per heavy atom. The molecule has 108 valence electrons. The standard InChI is InChI=1S/C15H15N3O2S/c1-21(19,20)18-14(11-7-3-2-4-8-11)15-16-12-9-5-6-10-13(12)17-15/h2-10,14,18H,1H3,(H,16,17). The van der Waals surface area contributed by atoms with E-state index in [4.69, 9.17) is 0 Å². The lowest BCUT2D eigenvalue weighted by Gasteiger charge is -2.15. The van der Waals surface area contributed by atoms with Gasteiger partial charge in [0.2, 0.25) is 10.0 Å². The number of H-pyrrole nitrogens is 1. The van der Waals surface area contributed by atoms with Gasteiger partial charge in [-0.2, -0.15) is 0 Å². The fraction of sp³-hybridized carbons (Fsp3) is 0.133. The van der Waals surface area contributed by atoms with Gasteiger partial charge in [-0.15, -0.1) is 0 Å². The molecule has 0 aliphatic heterocycles. The summed E-state index contributed by atoms with van der Waals surface area (Å²) in [6.07, 6.45) is 1.14. The van der Waals surface area contributed by atoms with Crippen LogP contribution in [0.2, 0.25) is 0 Å². The molecule has 2 N–H and O–H groups in total. The van der Waals surface area contributed by atoms with Gasteiger partial charge >= 0.3 is 0 Å². The number of nitrogens with zero attached hydrogens (tertiary/aromatic N) is 1. The van der Waals surface area contributed by atoms with E-state index in [1.165, 1.54) is 0 Å². The number of rotatable bonds is 4. The number of aromatic nitrogens is 2. The lowest BCUT2D eigenvalue weighted by atomic mass is 10.1. The summed E-state index contributed by atoms with van der Waals surface area (Å²) in [7, 11) is -3.37. The van der Waals surface area contributed by atoms with Crippen LogP contribution in [0.3, 0.4) is 0 Å². The Kier molecular flexibility index (Phi) is 3.48. The molecule has 0 saturated carbocycles. The summed E-state index contributed by atoms with van der Waals surface area (Å²) in [6, 6.07) is 16.4. The third-order valence-corrected chi connectivity index (χ3v) is 3.81. The fourth-order valence-electron chi connectivity index (χ4n) is 2.25. The lowest BCUT2D eigenvalue weighted by Crippen LogP contribution is -2.29. The highest BCUT2D eigenvalue weighted by Crippen LogP contribution is 2.22. The van der Waals surface area contributed by atoms with Crippen LogP contribution in [0.25, 0.3) is 11.0 Å². The zero-order chi connectivity index (χ0) is 14.9. The van der Waals surface area contributed by atoms with Gasteiger partial charge in [0, 0.05) is 0 Å². The first-order chi connectivity index (χ1) is 10.0. The zero-order valence-electron chi connectivity index (χ0n) is 11.4. The van der Waals surface area contributed by atoms with Gasteiger partial charge in [-0.3, -0.25) is 0 Å². The highest BCUT2D eigenvalue weighted by Gasteiger charge is 2.21. The Bertz CT molecular complexity index is 824. The summed E-state index contributed by atoms with van der Waals surface area (Å²) >= 11 is 0. The van der Waals surface area contributed by atoms with E-state index in [-0.39, 0.29) is 0 Å². The number of imidazole rings is 1. The molecule has 0 spiro atoms. The minimum absolute atomic E-state index is 0.534. The van der Waals surface area contributed by atoms with Gasteiger partial charge in [0.25, 0.3) is 0 Å². The summed E-state index contributed by atoms with van der Waals surface area (Å²) in [5, 5.41) is 0. The van der Waals surface area contributed by atoms with E-state index >= 15 is 0 Å². The summed E-state index contributed by atoms with van der Waals surface area (Å²) in [6.45, 7) is 0. The second kappa shape index (κ2) is 5.31. The average molecular weight is 301 g/mol. The first-order valence-electron chi connectivity index (χ1n) is 6.50. The Morgan fingerprint density at radius 1 is 1.05 bits per heavy atom. The van der Waals surface area contributed by atoms with Crippen LogP contribution in [-0.2, 0) is 10.0 Å². The third kappa shape index (κ3) is 3.12. The molecule has 0 amide bonds. The van der Waals surface area contributed by atoms with E-state index in [1.807, 2.05) is 54.6 Å². The van der Waals surface area contributed by atoms with Crippen molar-refractivity contribution in [3.05, 3.63) is 66.0 Å². The minimum atomic E-state index is -3.37. The largest absolute Gasteiger partial charge is 0.340 e. The van der Waals surface area contributed by atoms with Crippen molar-refractivity contribution in [2.75, 3.05) is 6.26 Å². The molecule has 0 radical (unpaired) electrons. The highest BCUT2D eigenvalue weighted by atomic mass is 32.2. The number of nitrogens with one attached hydrogen (secondary N) is 2. The molecular formula is C15H15N3O2S. The Labute approximate surface area is 123 Å². The monoisotopic (exact) mass is 301 g/mol. The van der Waals surface area contributed by atoms with Crippen molar-refractivity contribution in [2.24, 2.45) is 0 Å². The molecular weight excluding hydrogens is 286 g/mol. The molecule has 0 bridgehead atoms. The van der Waals surface area contributed by atoms with Gasteiger partial charge in [0.15, 0.2) is 0 Å². The van der Waals surface area contributed by atoms with Crippen molar-refractivity contribution in [3.63, 3.8) is 0 Å². The van der Waals surface area contributed by atoms with Crippen molar-refractivity contribution < 1.29 is 8.42 Å². The van der Waals surface area contributed by atoms with Gasteiger partial charge in [-0.1, -0.05) is 42.5 Å². The number of para-hydroxylation sites is 2. The molecule has 1 heterocycles.